The smallest absolute Gasteiger partial charge is 0.272 e. The van der Waals surface area contributed by atoms with Crippen LogP contribution in [0.2, 0.25) is 0 Å². The van der Waals surface area contributed by atoms with Gasteiger partial charge >= 0.3 is 0 Å². The Hall–Kier alpha value is -1.65. The van der Waals surface area contributed by atoms with Crippen molar-refractivity contribution in [3.8, 4) is 5.75 Å². The Kier molecular flexibility index (Phi) is 3.60. The topological polar surface area (TPSA) is 49.4 Å². The monoisotopic (exact) mass is 215 g/mol. The van der Waals surface area contributed by atoms with E-state index in [4.69, 9.17) is 4.74 Å². The van der Waals surface area contributed by atoms with E-state index in [-0.39, 0.29) is 11.3 Å². The lowest BCUT2D eigenvalue weighted by atomic mass is 10.1. The molecule has 0 amide bonds. The van der Waals surface area contributed by atoms with Gasteiger partial charge < -0.3 is 14.6 Å². The fourth-order valence-corrected chi connectivity index (χ4v) is 1.09. The van der Waals surface area contributed by atoms with E-state index in [1.54, 1.807) is 6.92 Å². The Bertz CT molecular complexity index is 364. The first-order chi connectivity index (χ1) is 7.00. The van der Waals surface area contributed by atoms with Gasteiger partial charge in [0.25, 0.3) is 6.43 Å². The average molecular weight is 215 g/mol. The highest BCUT2D eigenvalue weighted by molar-refractivity contribution is 5.86. The molecular formula is C10H9F2O3-. The number of benzene rings is 1. The van der Waals surface area contributed by atoms with Gasteiger partial charge in [-0.2, -0.15) is 0 Å². The molecular weight excluding hydrogens is 206 g/mol. The summed E-state index contributed by atoms with van der Waals surface area (Å²) in [6, 6.07) is 3.90. The number of hydrogen-bond donors (Lipinski definition) is 0. The number of hydrogen-bond acceptors (Lipinski definition) is 3. The van der Waals surface area contributed by atoms with Crippen molar-refractivity contribution in [1.82, 2.24) is 0 Å². The molecule has 0 aliphatic heterocycles. The number of aryl methyl sites for hydroxylation is 1. The molecule has 1 aromatic rings. The standard InChI is InChI=1S/C10H10F2O3/c1-6-4-7(10(13)14)2-3-8(6)15-5-9(11)12/h2-4,9H,5H2,1H3,(H,13,14)/p-1. The number of carboxylic acids is 1. The Balaban J connectivity index is 2.79. The van der Waals surface area contributed by atoms with Gasteiger partial charge in [0.2, 0.25) is 0 Å². The third-order valence-corrected chi connectivity index (χ3v) is 1.78. The van der Waals surface area contributed by atoms with Gasteiger partial charge in [0.05, 0.1) is 5.97 Å². The normalized spacial score (nSPS) is 10.4. The summed E-state index contributed by atoms with van der Waals surface area (Å²) in [5.41, 5.74) is 0.481. The van der Waals surface area contributed by atoms with Crippen LogP contribution in [0.15, 0.2) is 18.2 Å². The summed E-state index contributed by atoms with van der Waals surface area (Å²) >= 11 is 0. The van der Waals surface area contributed by atoms with Gasteiger partial charge in [-0.15, -0.1) is 0 Å². The maximum Gasteiger partial charge on any atom is 0.272 e. The molecule has 0 aromatic heterocycles. The summed E-state index contributed by atoms with van der Waals surface area (Å²) in [7, 11) is 0. The van der Waals surface area contributed by atoms with Crippen LogP contribution in [0.4, 0.5) is 8.78 Å². The second-order valence-corrected chi connectivity index (χ2v) is 2.97. The zero-order chi connectivity index (χ0) is 11.4. The van der Waals surface area contributed by atoms with Gasteiger partial charge in [-0.3, -0.25) is 0 Å². The summed E-state index contributed by atoms with van der Waals surface area (Å²) in [6.45, 7) is 0.874. The molecule has 0 bridgehead atoms. The van der Waals surface area contributed by atoms with Gasteiger partial charge in [-0.05, 0) is 36.2 Å². The largest absolute Gasteiger partial charge is 0.545 e. The molecule has 0 atom stereocenters. The van der Waals surface area contributed by atoms with Crippen molar-refractivity contribution < 1.29 is 23.4 Å². The number of ether oxygens (including phenoxy) is 1. The van der Waals surface area contributed by atoms with Crippen LogP contribution in [0.25, 0.3) is 0 Å². The minimum Gasteiger partial charge on any atom is -0.545 e. The Morgan fingerprint density at radius 2 is 2.20 bits per heavy atom. The fourth-order valence-electron chi connectivity index (χ4n) is 1.09. The summed E-state index contributed by atoms with van der Waals surface area (Å²) in [4.78, 5) is 10.5. The van der Waals surface area contributed by atoms with Crippen LogP contribution in [0.3, 0.4) is 0 Å². The number of rotatable bonds is 4. The summed E-state index contributed by atoms with van der Waals surface area (Å²) < 4.78 is 28.4. The quantitative estimate of drug-likeness (QED) is 0.752. The molecule has 0 aliphatic rings. The van der Waals surface area contributed by atoms with Gasteiger partial charge in [0.15, 0.2) is 0 Å². The molecule has 0 unspecified atom stereocenters. The molecule has 0 spiro atoms. The number of alkyl halides is 2. The summed E-state index contributed by atoms with van der Waals surface area (Å²) in [5, 5.41) is 10.5. The highest BCUT2D eigenvalue weighted by Crippen LogP contribution is 2.19. The first kappa shape index (κ1) is 11.4. The van der Waals surface area contributed by atoms with Crippen LogP contribution in [0, 0.1) is 6.92 Å². The molecule has 0 aliphatic carbocycles. The number of carbonyl (C=O) groups excluding carboxylic acids is 1. The SMILES string of the molecule is Cc1cc(C(=O)[O-])ccc1OCC(F)F. The summed E-state index contributed by atoms with van der Waals surface area (Å²) in [5.74, 6) is -1.06. The fraction of sp³-hybridized carbons (Fsp3) is 0.300. The molecule has 5 heteroatoms. The van der Waals surface area contributed by atoms with Crippen molar-refractivity contribution in [2.45, 2.75) is 13.3 Å². The number of halogens is 2. The lowest BCUT2D eigenvalue weighted by Crippen LogP contribution is -2.22. The van der Waals surface area contributed by atoms with E-state index in [1.165, 1.54) is 18.2 Å². The van der Waals surface area contributed by atoms with E-state index < -0.39 is 19.0 Å². The van der Waals surface area contributed by atoms with Crippen molar-refractivity contribution in [1.29, 1.82) is 0 Å². The van der Waals surface area contributed by atoms with E-state index in [0.717, 1.165) is 0 Å². The predicted molar refractivity (Wildman–Crippen MR) is 47.0 cm³/mol. The van der Waals surface area contributed by atoms with Crippen molar-refractivity contribution >= 4 is 5.97 Å². The van der Waals surface area contributed by atoms with Gasteiger partial charge in [-0.1, -0.05) is 0 Å². The van der Waals surface area contributed by atoms with Crippen LogP contribution >= 0.6 is 0 Å². The third kappa shape index (κ3) is 3.19. The lowest BCUT2D eigenvalue weighted by molar-refractivity contribution is -0.255. The van der Waals surface area contributed by atoms with E-state index >= 15 is 0 Å². The molecule has 0 radical (unpaired) electrons. The maximum absolute atomic E-state index is 11.8. The predicted octanol–water partition coefficient (Wildman–Crippen LogP) is 1.00. The van der Waals surface area contributed by atoms with E-state index in [0.29, 0.717) is 5.56 Å². The zero-order valence-corrected chi connectivity index (χ0v) is 8.00. The number of carboxylic acid groups (broad SMARTS) is 1. The van der Waals surface area contributed by atoms with Crippen molar-refractivity contribution in [3.05, 3.63) is 29.3 Å². The Morgan fingerprint density at radius 1 is 1.53 bits per heavy atom. The third-order valence-electron chi connectivity index (χ3n) is 1.78. The molecule has 0 heterocycles. The van der Waals surface area contributed by atoms with Crippen LogP contribution < -0.4 is 9.84 Å². The molecule has 1 aromatic carbocycles. The lowest BCUT2D eigenvalue weighted by Gasteiger charge is -2.10. The van der Waals surface area contributed by atoms with Crippen LogP contribution in [-0.4, -0.2) is 19.0 Å². The van der Waals surface area contributed by atoms with Crippen LogP contribution in [-0.2, 0) is 0 Å². The Morgan fingerprint density at radius 3 is 2.67 bits per heavy atom. The van der Waals surface area contributed by atoms with Crippen molar-refractivity contribution in [2.75, 3.05) is 6.61 Å². The average Bonchev–Trinajstić information content (AvgIpc) is 2.15. The molecule has 3 nitrogen and oxygen atoms in total. The number of carbonyl (C=O) groups is 1. The zero-order valence-electron chi connectivity index (χ0n) is 8.00. The van der Waals surface area contributed by atoms with Crippen molar-refractivity contribution in [2.24, 2.45) is 0 Å². The van der Waals surface area contributed by atoms with Gasteiger partial charge in [-0.25, -0.2) is 8.78 Å². The van der Waals surface area contributed by atoms with Gasteiger partial charge in [0, 0.05) is 0 Å². The highest BCUT2D eigenvalue weighted by Gasteiger charge is 2.06. The highest BCUT2D eigenvalue weighted by atomic mass is 19.3. The van der Waals surface area contributed by atoms with E-state index in [2.05, 4.69) is 0 Å². The molecule has 1 rings (SSSR count). The molecule has 15 heavy (non-hydrogen) atoms. The van der Waals surface area contributed by atoms with Crippen LogP contribution in [0.1, 0.15) is 15.9 Å². The second kappa shape index (κ2) is 4.72. The number of aromatic carboxylic acids is 1. The molecule has 0 saturated carbocycles. The molecule has 0 fully saturated rings. The minimum absolute atomic E-state index is 0.00287. The molecule has 82 valence electrons. The van der Waals surface area contributed by atoms with Gasteiger partial charge in [0.1, 0.15) is 12.4 Å². The second-order valence-electron chi connectivity index (χ2n) is 2.97. The molecule has 0 saturated heterocycles. The Labute approximate surface area is 85.3 Å². The van der Waals surface area contributed by atoms with E-state index in [9.17, 15) is 18.7 Å². The van der Waals surface area contributed by atoms with Crippen molar-refractivity contribution in [3.63, 3.8) is 0 Å². The first-order valence-electron chi connectivity index (χ1n) is 4.23. The van der Waals surface area contributed by atoms with E-state index in [1.807, 2.05) is 0 Å². The maximum atomic E-state index is 11.8. The molecule has 0 N–H and O–H groups in total. The first-order valence-corrected chi connectivity index (χ1v) is 4.23. The minimum atomic E-state index is -2.55. The van der Waals surface area contributed by atoms with Crippen LogP contribution in [0.5, 0.6) is 5.75 Å². The summed E-state index contributed by atoms with van der Waals surface area (Å²) in [6.07, 6.45) is -2.55.